The summed E-state index contributed by atoms with van der Waals surface area (Å²) in [5.41, 5.74) is 1.57. The first-order valence-electron chi connectivity index (χ1n) is 9.41. The molecule has 0 aliphatic carbocycles. The van der Waals surface area contributed by atoms with Gasteiger partial charge < -0.3 is 15.5 Å². The Hall–Kier alpha value is -3.22. The van der Waals surface area contributed by atoms with Crippen LogP contribution in [0.5, 0.6) is 0 Å². The lowest BCUT2D eigenvalue weighted by atomic mass is 10.1. The van der Waals surface area contributed by atoms with Crippen molar-refractivity contribution in [2.45, 2.75) is 19.4 Å². The van der Waals surface area contributed by atoms with Gasteiger partial charge in [-0.3, -0.25) is 19.4 Å². The van der Waals surface area contributed by atoms with Gasteiger partial charge in [0.05, 0.1) is 11.5 Å². The number of amides is 3. The van der Waals surface area contributed by atoms with Crippen LogP contribution < -0.4 is 10.6 Å². The molecule has 1 aliphatic rings. The molecule has 28 heavy (non-hydrogen) atoms. The number of rotatable bonds is 8. The first-order chi connectivity index (χ1) is 13.6. The predicted octanol–water partition coefficient (Wildman–Crippen LogP) is 1.37. The largest absolute Gasteiger partial charge is 0.356 e. The molecule has 0 saturated carbocycles. The van der Waals surface area contributed by atoms with E-state index >= 15 is 0 Å². The molecule has 1 atom stereocenters. The van der Waals surface area contributed by atoms with Gasteiger partial charge >= 0.3 is 0 Å². The zero-order chi connectivity index (χ0) is 19.8. The summed E-state index contributed by atoms with van der Waals surface area (Å²) in [7, 11) is 0. The molecule has 2 aromatic rings. The van der Waals surface area contributed by atoms with Crippen LogP contribution in [-0.4, -0.2) is 47.2 Å². The first-order valence-corrected chi connectivity index (χ1v) is 9.41. The smallest absolute Gasteiger partial charge is 0.252 e. The van der Waals surface area contributed by atoms with E-state index in [1.54, 1.807) is 23.2 Å². The van der Waals surface area contributed by atoms with Crippen LogP contribution in [0.1, 0.15) is 28.8 Å². The highest BCUT2D eigenvalue weighted by Gasteiger charge is 2.33. The minimum absolute atomic E-state index is 0.00716. The fourth-order valence-corrected chi connectivity index (χ4v) is 3.15. The van der Waals surface area contributed by atoms with Crippen molar-refractivity contribution in [3.63, 3.8) is 0 Å². The number of nitrogens with zero attached hydrogens (tertiary/aromatic N) is 2. The molecule has 1 aromatic heterocycles. The second-order valence-corrected chi connectivity index (χ2v) is 6.80. The molecule has 146 valence electrons. The summed E-state index contributed by atoms with van der Waals surface area (Å²) >= 11 is 0. The Kier molecular flexibility index (Phi) is 6.73. The van der Waals surface area contributed by atoms with Crippen LogP contribution in [0.25, 0.3) is 0 Å². The molecule has 1 saturated heterocycles. The highest BCUT2D eigenvalue weighted by molar-refractivity contribution is 5.93. The topological polar surface area (TPSA) is 91.4 Å². The van der Waals surface area contributed by atoms with Gasteiger partial charge in [-0.1, -0.05) is 30.3 Å². The molecule has 1 unspecified atom stereocenters. The van der Waals surface area contributed by atoms with Crippen molar-refractivity contribution in [1.82, 2.24) is 20.5 Å². The summed E-state index contributed by atoms with van der Waals surface area (Å²) in [4.78, 5) is 42.0. The highest BCUT2D eigenvalue weighted by Crippen LogP contribution is 2.20. The van der Waals surface area contributed by atoms with Gasteiger partial charge in [-0.25, -0.2) is 0 Å². The Balaban J connectivity index is 1.35. The molecule has 0 spiro atoms. The fourth-order valence-electron chi connectivity index (χ4n) is 3.15. The molecule has 3 amide bonds. The Labute approximate surface area is 164 Å². The van der Waals surface area contributed by atoms with Crippen molar-refractivity contribution in [2.75, 3.05) is 19.6 Å². The number of carbonyl (C=O) groups excluding carboxylic acids is 3. The second kappa shape index (κ2) is 9.64. The third kappa shape index (κ3) is 5.39. The van der Waals surface area contributed by atoms with Crippen LogP contribution in [0, 0.1) is 5.92 Å². The summed E-state index contributed by atoms with van der Waals surface area (Å²) in [5, 5.41) is 5.65. The average molecular weight is 380 g/mol. The maximum absolute atomic E-state index is 12.3. The van der Waals surface area contributed by atoms with E-state index in [9.17, 15) is 14.4 Å². The fraction of sp³-hybridized carbons (Fsp3) is 0.333. The third-order valence-electron chi connectivity index (χ3n) is 4.66. The standard InChI is InChI=1S/C21H24N4O3/c26-19-12-18(15-25(19)14-16-6-2-1-3-7-16)21(28)24-11-5-10-23-20(27)17-8-4-9-22-13-17/h1-4,6-9,13,18H,5,10-12,14-15H2,(H,23,27)(H,24,28). The second-order valence-electron chi connectivity index (χ2n) is 6.80. The van der Waals surface area contributed by atoms with Gasteiger partial charge in [0.2, 0.25) is 11.8 Å². The summed E-state index contributed by atoms with van der Waals surface area (Å²) in [6.45, 7) is 1.88. The minimum Gasteiger partial charge on any atom is -0.356 e. The SMILES string of the molecule is O=C(NCCCNC(=O)C1CC(=O)N(Cc2ccccc2)C1)c1cccnc1. The zero-order valence-electron chi connectivity index (χ0n) is 15.6. The number of carbonyl (C=O) groups is 3. The summed E-state index contributed by atoms with van der Waals surface area (Å²) in [6.07, 6.45) is 3.99. The van der Waals surface area contributed by atoms with Gasteiger partial charge in [-0.2, -0.15) is 0 Å². The molecule has 1 aromatic carbocycles. The molecule has 0 radical (unpaired) electrons. The number of benzene rings is 1. The van der Waals surface area contributed by atoms with Crippen molar-refractivity contribution in [1.29, 1.82) is 0 Å². The highest BCUT2D eigenvalue weighted by atomic mass is 16.2. The molecular formula is C21H24N4O3. The maximum Gasteiger partial charge on any atom is 0.252 e. The van der Waals surface area contributed by atoms with E-state index in [1.165, 1.54) is 6.20 Å². The molecule has 7 nitrogen and oxygen atoms in total. The molecule has 0 bridgehead atoms. The van der Waals surface area contributed by atoms with Crippen LogP contribution in [-0.2, 0) is 16.1 Å². The Morgan fingerprint density at radius 3 is 2.61 bits per heavy atom. The number of hydrogen-bond donors (Lipinski definition) is 2. The van der Waals surface area contributed by atoms with E-state index in [-0.39, 0.29) is 30.1 Å². The summed E-state index contributed by atoms with van der Waals surface area (Å²) in [6, 6.07) is 13.2. The monoisotopic (exact) mass is 380 g/mol. The molecule has 2 N–H and O–H groups in total. The molecular weight excluding hydrogens is 356 g/mol. The van der Waals surface area contributed by atoms with Gasteiger partial charge in [-0.15, -0.1) is 0 Å². The summed E-state index contributed by atoms with van der Waals surface area (Å²) < 4.78 is 0. The van der Waals surface area contributed by atoms with Crippen LogP contribution in [0.3, 0.4) is 0 Å². The number of nitrogens with one attached hydrogen (secondary N) is 2. The summed E-state index contributed by atoms with van der Waals surface area (Å²) in [5.74, 6) is -0.603. The van der Waals surface area contributed by atoms with Gasteiger partial charge in [0.1, 0.15) is 0 Å². The quantitative estimate of drug-likeness (QED) is 0.677. The maximum atomic E-state index is 12.3. The van der Waals surface area contributed by atoms with Gasteiger partial charge in [-0.05, 0) is 24.1 Å². The van der Waals surface area contributed by atoms with Crippen molar-refractivity contribution >= 4 is 17.7 Å². The zero-order valence-corrected chi connectivity index (χ0v) is 15.6. The molecule has 1 fully saturated rings. The van der Waals surface area contributed by atoms with Crippen LogP contribution in [0.15, 0.2) is 54.9 Å². The first kappa shape index (κ1) is 19.5. The number of pyridine rings is 1. The van der Waals surface area contributed by atoms with Crippen molar-refractivity contribution in [3.8, 4) is 0 Å². The third-order valence-corrected chi connectivity index (χ3v) is 4.66. The van der Waals surface area contributed by atoms with E-state index in [0.717, 1.165) is 5.56 Å². The lowest BCUT2D eigenvalue weighted by Crippen LogP contribution is -2.35. The van der Waals surface area contributed by atoms with E-state index in [1.807, 2.05) is 30.3 Å². The molecule has 2 heterocycles. The van der Waals surface area contributed by atoms with Crippen molar-refractivity contribution in [2.24, 2.45) is 5.92 Å². The Bertz CT molecular complexity index is 811. The lowest BCUT2D eigenvalue weighted by molar-refractivity contribution is -0.129. The normalized spacial score (nSPS) is 16.1. The average Bonchev–Trinajstić information content (AvgIpc) is 3.09. The Morgan fingerprint density at radius 2 is 1.86 bits per heavy atom. The van der Waals surface area contributed by atoms with E-state index < -0.39 is 0 Å². The predicted molar refractivity (Wildman–Crippen MR) is 104 cm³/mol. The van der Waals surface area contributed by atoms with Crippen LogP contribution in [0.4, 0.5) is 0 Å². The van der Waals surface area contributed by atoms with Crippen LogP contribution >= 0.6 is 0 Å². The molecule has 7 heteroatoms. The van der Waals surface area contributed by atoms with Crippen molar-refractivity contribution < 1.29 is 14.4 Å². The van der Waals surface area contributed by atoms with Gasteiger partial charge in [0.25, 0.3) is 5.91 Å². The van der Waals surface area contributed by atoms with E-state index in [4.69, 9.17) is 0 Å². The van der Waals surface area contributed by atoms with E-state index in [0.29, 0.717) is 38.2 Å². The van der Waals surface area contributed by atoms with Crippen LogP contribution in [0.2, 0.25) is 0 Å². The van der Waals surface area contributed by atoms with Gasteiger partial charge in [0, 0.05) is 45.0 Å². The van der Waals surface area contributed by atoms with E-state index in [2.05, 4.69) is 15.6 Å². The van der Waals surface area contributed by atoms with Gasteiger partial charge in [0.15, 0.2) is 0 Å². The number of hydrogen-bond acceptors (Lipinski definition) is 4. The lowest BCUT2D eigenvalue weighted by Gasteiger charge is -2.16. The number of aromatic nitrogens is 1. The van der Waals surface area contributed by atoms with Crippen molar-refractivity contribution in [3.05, 3.63) is 66.0 Å². The Morgan fingerprint density at radius 1 is 1.07 bits per heavy atom. The minimum atomic E-state index is -0.318. The number of likely N-dealkylation sites (tertiary alicyclic amines) is 1. The molecule has 3 rings (SSSR count). The molecule has 1 aliphatic heterocycles.